The van der Waals surface area contributed by atoms with Crippen molar-refractivity contribution in [2.75, 3.05) is 19.7 Å². The fourth-order valence-corrected chi connectivity index (χ4v) is 1.21. The summed E-state index contributed by atoms with van der Waals surface area (Å²) in [5.41, 5.74) is -0.213. The summed E-state index contributed by atoms with van der Waals surface area (Å²) in [6.45, 7) is 8.45. The molecule has 0 bridgehead atoms. The first-order valence-corrected chi connectivity index (χ1v) is 5.13. The maximum atomic E-state index is 11.2. The summed E-state index contributed by atoms with van der Waals surface area (Å²) >= 11 is 0. The van der Waals surface area contributed by atoms with Gasteiger partial charge >= 0.3 is 6.09 Å². The van der Waals surface area contributed by atoms with E-state index < -0.39 is 0 Å². The molecule has 1 heterocycles. The highest BCUT2D eigenvalue weighted by atomic mass is 35.5. The number of rotatable bonds is 3. The average molecular weight is 237 g/mol. The van der Waals surface area contributed by atoms with Crippen LogP contribution in [0.4, 0.5) is 4.79 Å². The smallest absolute Gasteiger partial charge is 0.407 e. The van der Waals surface area contributed by atoms with Crippen molar-refractivity contribution < 1.29 is 9.53 Å². The third kappa shape index (κ3) is 6.57. The Morgan fingerprint density at radius 1 is 1.47 bits per heavy atom. The van der Waals surface area contributed by atoms with E-state index in [4.69, 9.17) is 4.74 Å². The van der Waals surface area contributed by atoms with Crippen LogP contribution in [0, 0.1) is 5.92 Å². The second-order valence-electron chi connectivity index (χ2n) is 4.82. The van der Waals surface area contributed by atoms with E-state index in [0.717, 1.165) is 19.5 Å². The molecule has 4 nitrogen and oxygen atoms in total. The van der Waals surface area contributed by atoms with Gasteiger partial charge in [-0.25, -0.2) is 4.79 Å². The highest BCUT2D eigenvalue weighted by Crippen LogP contribution is 2.08. The van der Waals surface area contributed by atoms with Gasteiger partial charge in [0.15, 0.2) is 0 Å². The molecule has 1 rings (SSSR count). The van der Waals surface area contributed by atoms with Crippen LogP contribution >= 0.6 is 12.4 Å². The van der Waals surface area contributed by atoms with Gasteiger partial charge in [-0.15, -0.1) is 12.4 Å². The predicted octanol–water partition coefficient (Wildman–Crippen LogP) is 1.54. The molecule has 0 aliphatic carbocycles. The molecule has 0 atom stereocenters. The van der Waals surface area contributed by atoms with Crippen LogP contribution in [0.1, 0.15) is 27.2 Å². The van der Waals surface area contributed by atoms with Crippen molar-refractivity contribution in [3.05, 3.63) is 0 Å². The number of carbonyl (C=O) groups is 1. The van der Waals surface area contributed by atoms with E-state index in [2.05, 4.69) is 10.6 Å². The summed E-state index contributed by atoms with van der Waals surface area (Å²) in [7, 11) is 0. The molecule has 0 aromatic rings. The van der Waals surface area contributed by atoms with Crippen molar-refractivity contribution in [3.63, 3.8) is 0 Å². The molecule has 1 saturated heterocycles. The zero-order valence-corrected chi connectivity index (χ0v) is 10.4. The molecule has 1 amide bonds. The lowest BCUT2D eigenvalue weighted by Crippen LogP contribution is -2.43. The van der Waals surface area contributed by atoms with Gasteiger partial charge in [0.2, 0.25) is 0 Å². The first kappa shape index (κ1) is 14.5. The van der Waals surface area contributed by atoms with E-state index in [-0.39, 0.29) is 24.0 Å². The van der Waals surface area contributed by atoms with Crippen molar-refractivity contribution in [2.24, 2.45) is 5.92 Å². The Kier molecular flexibility index (Phi) is 5.98. The van der Waals surface area contributed by atoms with Crippen LogP contribution in [0.3, 0.4) is 0 Å². The Hall–Kier alpha value is -0.480. The first-order valence-electron chi connectivity index (χ1n) is 5.13. The number of hydrogen-bond donors (Lipinski definition) is 2. The van der Waals surface area contributed by atoms with Gasteiger partial charge in [0.1, 0.15) is 0 Å². The topological polar surface area (TPSA) is 50.4 Å². The Labute approximate surface area is 97.5 Å². The van der Waals surface area contributed by atoms with Crippen molar-refractivity contribution in [1.29, 1.82) is 0 Å². The first-order chi connectivity index (χ1) is 6.47. The number of hydrogen-bond acceptors (Lipinski definition) is 3. The normalized spacial score (nSPS) is 16.2. The van der Waals surface area contributed by atoms with E-state index in [1.54, 1.807) is 0 Å². The van der Waals surface area contributed by atoms with Gasteiger partial charge in [0.25, 0.3) is 0 Å². The average Bonchev–Trinajstić information content (AvgIpc) is 1.90. The monoisotopic (exact) mass is 236 g/mol. The van der Waals surface area contributed by atoms with E-state index in [9.17, 15) is 4.79 Å². The quantitative estimate of drug-likeness (QED) is 0.782. The van der Waals surface area contributed by atoms with E-state index in [0.29, 0.717) is 12.5 Å². The minimum atomic E-state index is -0.315. The molecule has 5 heteroatoms. The molecule has 90 valence electrons. The van der Waals surface area contributed by atoms with Crippen LogP contribution in [0.25, 0.3) is 0 Å². The van der Waals surface area contributed by atoms with Crippen LogP contribution in [-0.4, -0.2) is 31.3 Å². The Morgan fingerprint density at radius 2 is 2.07 bits per heavy atom. The second-order valence-corrected chi connectivity index (χ2v) is 4.82. The molecule has 0 spiro atoms. The Balaban J connectivity index is 0.00000196. The molecule has 0 unspecified atom stereocenters. The molecule has 2 N–H and O–H groups in total. The van der Waals surface area contributed by atoms with Crippen LogP contribution in [-0.2, 0) is 4.74 Å². The van der Waals surface area contributed by atoms with Crippen molar-refractivity contribution in [2.45, 2.75) is 32.7 Å². The minimum absolute atomic E-state index is 0. The Bertz CT molecular complexity index is 200. The van der Waals surface area contributed by atoms with Crippen LogP contribution in [0.2, 0.25) is 0 Å². The molecule has 15 heavy (non-hydrogen) atoms. The molecule has 0 radical (unpaired) electrons. The molecule has 1 aliphatic heterocycles. The largest absolute Gasteiger partial charge is 0.450 e. The van der Waals surface area contributed by atoms with Crippen molar-refractivity contribution in [1.82, 2.24) is 10.6 Å². The van der Waals surface area contributed by atoms with Crippen LogP contribution in [0.15, 0.2) is 0 Å². The summed E-state index contributed by atoms with van der Waals surface area (Å²) in [4.78, 5) is 11.2. The zero-order valence-electron chi connectivity index (χ0n) is 9.63. The molecule has 1 aliphatic rings. The molecular formula is C10H21ClN2O2. The molecule has 0 saturated carbocycles. The number of alkyl carbamates (subject to hydrolysis) is 1. The van der Waals surface area contributed by atoms with Crippen LogP contribution in [0.5, 0.6) is 0 Å². The molecular weight excluding hydrogens is 216 g/mol. The SMILES string of the molecule is CC(C)(C)NC(=O)OCCC1CNC1.Cl. The fourth-order valence-electron chi connectivity index (χ4n) is 1.21. The number of amides is 1. The van der Waals surface area contributed by atoms with Gasteiger partial charge in [-0.05, 0) is 46.2 Å². The van der Waals surface area contributed by atoms with E-state index in [1.165, 1.54) is 0 Å². The second kappa shape index (κ2) is 6.18. The van der Waals surface area contributed by atoms with Gasteiger partial charge in [0, 0.05) is 5.54 Å². The van der Waals surface area contributed by atoms with Gasteiger partial charge in [-0.1, -0.05) is 0 Å². The number of nitrogens with one attached hydrogen (secondary N) is 2. The highest BCUT2D eigenvalue weighted by Gasteiger charge is 2.18. The van der Waals surface area contributed by atoms with Gasteiger partial charge < -0.3 is 15.4 Å². The lowest BCUT2D eigenvalue weighted by atomic mass is 10.0. The maximum Gasteiger partial charge on any atom is 0.407 e. The number of carbonyl (C=O) groups excluding carboxylic acids is 1. The maximum absolute atomic E-state index is 11.2. The van der Waals surface area contributed by atoms with E-state index in [1.807, 2.05) is 20.8 Å². The third-order valence-electron chi connectivity index (χ3n) is 2.10. The lowest BCUT2D eigenvalue weighted by Gasteiger charge is -2.27. The summed E-state index contributed by atoms with van der Waals surface area (Å²) in [6, 6.07) is 0. The van der Waals surface area contributed by atoms with Crippen LogP contribution < -0.4 is 10.6 Å². The van der Waals surface area contributed by atoms with Gasteiger partial charge in [-0.2, -0.15) is 0 Å². The molecule has 0 aromatic heterocycles. The lowest BCUT2D eigenvalue weighted by molar-refractivity contribution is 0.125. The number of ether oxygens (including phenoxy) is 1. The summed E-state index contributed by atoms with van der Waals surface area (Å²) in [6.07, 6.45) is 0.648. The standard InChI is InChI=1S/C10H20N2O2.ClH/c1-10(2,3)12-9(13)14-5-4-8-6-11-7-8;/h8,11H,4-7H2,1-3H3,(H,12,13);1H. The van der Waals surface area contributed by atoms with Gasteiger partial charge in [0.05, 0.1) is 6.61 Å². The summed E-state index contributed by atoms with van der Waals surface area (Å²) in [5.74, 6) is 0.692. The Morgan fingerprint density at radius 3 is 2.47 bits per heavy atom. The molecule has 0 aromatic carbocycles. The van der Waals surface area contributed by atoms with Crippen molar-refractivity contribution >= 4 is 18.5 Å². The fraction of sp³-hybridized carbons (Fsp3) is 0.900. The summed E-state index contributed by atoms with van der Waals surface area (Å²) in [5, 5.41) is 5.93. The van der Waals surface area contributed by atoms with Gasteiger partial charge in [-0.3, -0.25) is 0 Å². The predicted molar refractivity (Wildman–Crippen MR) is 62.5 cm³/mol. The zero-order chi connectivity index (χ0) is 10.6. The third-order valence-corrected chi connectivity index (χ3v) is 2.10. The van der Waals surface area contributed by atoms with Crippen molar-refractivity contribution in [3.8, 4) is 0 Å². The highest BCUT2D eigenvalue weighted by molar-refractivity contribution is 5.85. The minimum Gasteiger partial charge on any atom is -0.450 e. The van der Waals surface area contributed by atoms with E-state index >= 15 is 0 Å². The molecule has 1 fully saturated rings. The summed E-state index contributed by atoms with van der Waals surface area (Å²) < 4.78 is 5.05. The number of halogens is 1.